The Morgan fingerprint density at radius 3 is 2.21 bits per heavy atom. The van der Waals surface area contributed by atoms with Crippen LogP contribution in [0.2, 0.25) is 0 Å². The topological polar surface area (TPSA) is 26.8 Å². The van der Waals surface area contributed by atoms with Gasteiger partial charge in [0.2, 0.25) is 0 Å². The smallest absolute Gasteiger partial charge is 0.254 e. The van der Waals surface area contributed by atoms with Crippen molar-refractivity contribution in [1.82, 2.24) is 9.80 Å². The quantitative estimate of drug-likeness (QED) is 0.336. The first-order chi connectivity index (χ1) is 18.5. The minimum atomic E-state index is 0.207. The summed E-state index contributed by atoms with van der Waals surface area (Å²) in [6.45, 7) is 6.06. The number of aryl methyl sites for hydroxylation is 1. The summed E-state index contributed by atoms with van der Waals surface area (Å²) in [6.07, 6.45) is 6.00. The van der Waals surface area contributed by atoms with Gasteiger partial charge in [0.25, 0.3) is 5.91 Å². The summed E-state index contributed by atoms with van der Waals surface area (Å²) in [5.74, 6) is 1.04. The van der Waals surface area contributed by atoms with E-state index in [-0.39, 0.29) is 5.91 Å². The van der Waals surface area contributed by atoms with Crippen molar-refractivity contribution < 1.29 is 4.79 Å². The Labute approximate surface area is 229 Å². The molecule has 1 heterocycles. The van der Waals surface area contributed by atoms with Gasteiger partial charge in [-0.15, -0.1) is 0 Å². The molecule has 1 amide bonds. The van der Waals surface area contributed by atoms with E-state index < -0.39 is 0 Å². The summed E-state index contributed by atoms with van der Waals surface area (Å²) in [4.78, 5) is 20.9. The molecule has 1 aliphatic heterocycles. The molecule has 5 rings (SSSR count). The van der Waals surface area contributed by atoms with E-state index in [9.17, 15) is 4.79 Å². The number of amides is 1. The van der Waals surface area contributed by atoms with Crippen LogP contribution in [-0.4, -0.2) is 55.5 Å². The lowest BCUT2D eigenvalue weighted by Gasteiger charge is -2.37. The molecule has 200 valence electrons. The van der Waals surface area contributed by atoms with Crippen molar-refractivity contribution in [2.24, 2.45) is 5.92 Å². The average Bonchev–Trinajstić information content (AvgIpc) is 3.34. The predicted octanol–water partition coefficient (Wildman–Crippen LogP) is 6.75. The molecule has 0 bridgehead atoms. The first-order valence-corrected chi connectivity index (χ1v) is 14.4. The summed E-state index contributed by atoms with van der Waals surface area (Å²) in [6, 6.07) is 28.1. The number of nitrogens with zero attached hydrogens (tertiary/aromatic N) is 3. The molecule has 1 saturated heterocycles. The number of anilines is 1. The molecule has 0 spiro atoms. The molecule has 1 aliphatic carbocycles. The largest absolute Gasteiger partial charge is 0.378 e. The number of likely N-dealkylation sites (tertiary alicyclic amines) is 1. The van der Waals surface area contributed by atoms with Crippen LogP contribution >= 0.6 is 0 Å². The van der Waals surface area contributed by atoms with E-state index in [0.29, 0.717) is 17.9 Å². The molecular weight excluding hydrogens is 466 g/mol. The van der Waals surface area contributed by atoms with Crippen molar-refractivity contribution in [1.29, 1.82) is 0 Å². The Balaban J connectivity index is 1.40. The van der Waals surface area contributed by atoms with Crippen LogP contribution in [0.3, 0.4) is 0 Å². The molecule has 4 nitrogen and oxygen atoms in total. The van der Waals surface area contributed by atoms with Crippen LogP contribution in [0.15, 0.2) is 78.9 Å². The second kappa shape index (κ2) is 12.2. The van der Waals surface area contributed by atoms with Gasteiger partial charge in [0.1, 0.15) is 0 Å². The maximum absolute atomic E-state index is 13.9. The average molecular weight is 510 g/mol. The van der Waals surface area contributed by atoms with Gasteiger partial charge in [-0.05, 0) is 66.6 Å². The van der Waals surface area contributed by atoms with Crippen molar-refractivity contribution in [2.45, 2.75) is 57.5 Å². The van der Waals surface area contributed by atoms with Gasteiger partial charge in [-0.3, -0.25) is 9.69 Å². The van der Waals surface area contributed by atoms with Gasteiger partial charge in [0, 0.05) is 63.5 Å². The zero-order valence-electron chi connectivity index (χ0n) is 23.4. The monoisotopic (exact) mass is 509 g/mol. The maximum atomic E-state index is 13.9. The van der Waals surface area contributed by atoms with E-state index in [0.717, 1.165) is 44.6 Å². The summed E-state index contributed by atoms with van der Waals surface area (Å²) in [7, 11) is 4.17. The Hall–Kier alpha value is -3.11. The molecule has 0 radical (unpaired) electrons. The highest BCUT2D eigenvalue weighted by Crippen LogP contribution is 2.37. The third kappa shape index (κ3) is 6.13. The lowest BCUT2D eigenvalue weighted by Crippen LogP contribution is -2.45. The number of rotatable bonds is 8. The molecule has 2 aliphatic rings. The van der Waals surface area contributed by atoms with Crippen molar-refractivity contribution in [3.05, 3.63) is 101 Å². The highest BCUT2D eigenvalue weighted by molar-refractivity contribution is 5.94. The van der Waals surface area contributed by atoms with Gasteiger partial charge < -0.3 is 9.80 Å². The Morgan fingerprint density at radius 2 is 1.53 bits per heavy atom. The van der Waals surface area contributed by atoms with Gasteiger partial charge in [-0.2, -0.15) is 0 Å². The number of benzene rings is 3. The van der Waals surface area contributed by atoms with Gasteiger partial charge >= 0.3 is 0 Å². The third-order valence-electron chi connectivity index (χ3n) is 8.69. The second-order valence-corrected chi connectivity index (χ2v) is 11.6. The lowest BCUT2D eigenvalue weighted by atomic mass is 9.85. The van der Waals surface area contributed by atoms with E-state index in [4.69, 9.17) is 0 Å². The minimum Gasteiger partial charge on any atom is -0.378 e. The highest BCUT2D eigenvalue weighted by Gasteiger charge is 2.38. The van der Waals surface area contributed by atoms with Gasteiger partial charge in [-0.1, -0.05) is 73.9 Å². The Kier molecular flexibility index (Phi) is 8.48. The standard InChI is InChI=1S/C34H43N3O/c1-26-12-10-11-17-32(26)33-25-36(22-27-18-20-30(21-19-27)35(2)3)23-29(33)24-37(31-15-8-5-9-16-31)34(38)28-13-6-4-7-14-28/h4,6-7,10-14,17-21,29,31,33H,5,8-9,15-16,22-25H2,1-3H3/t29-,33+/m0/s1. The summed E-state index contributed by atoms with van der Waals surface area (Å²) < 4.78 is 0. The number of carbonyl (C=O) groups excluding carboxylic acids is 1. The van der Waals surface area contributed by atoms with E-state index in [1.165, 1.54) is 41.6 Å². The zero-order chi connectivity index (χ0) is 26.5. The molecule has 4 heteroatoms. The van der Waals surface area contributed by atoms with E-state index in [1.54, 1.807) is 0 Å². The molecule has 2 atom stereocenters. The fourth-order valence-corrected chi connectivity index (χ4v) is 6.58. The van der Waals surface area contributed by atoms with Crippen molar-refractivity contribution >= 4 is 11.6 Å². The van der Waals surface area contributed by atoms with Crippen LogP contribution in [-0.2, 0) is 6.54 Å². The van der Waals surface area contributed by atoms with E-state index >= 15 is 0 Å². The second-order valence-electron chi connectivity index (χ2n) is 11.6. The Morgan fingerprint density at radius 1 is 0.842 bits per heavy atom. The molecule has 0 N–H and O–H groups in total. The van der Waals surface area contributed by atoms with Crippen LogP contribution in [0, 0.1) is 12.8 Å². The van der Waals surface area contributed by atoms with Crippen LogP contribution < -0.4 is 4.90 Å². The summed E-state index contributed by atoms with van der Waals surface area (Å²) in [5, 5.41) is 0. The molecule has 0 unspecified atom stereocenters. The highest BCUT2D eigenvalue weighted by atomic mass is 16.2. The van der Waals surface area contributed by atoms with Crippen LogP contribution in [0.25, 0.3) is 0 Å². The Bertz CT molecular complexity index is 1180. The van der Waals surface area contributed by atoms with Gasteiger partial charge in [0.05, 0.1) is 0 Å². The van der Waals surface area contributed by atoms with E-state index in [2.05, 4.69) is 84.2 Å². The SMILES string of the molecule is Cc1ccccc1[C@@H]1CN(Cc2ccc(N(C)C)cc2)C[C@H]1CN(C(=O)c1ccccc1)C1CCCCC1. The summed E-state index contributed by atoms with van der Waals surface area (Å²) in [5.41, 5.74) is 6.20. The molecule has 0 aromatic heterocycles. The number of hydrogen-bond donors (Lipinski definition) is 0. The predicted molar refractivity (Wildman–Crippen MR) is 158 cm³/mol. The molecule has 3 aromatic carbocycles. The first kappa shape index (κ1) is 26.5. The molecule has 38 heavy (non-hydrogen) atoms. The maximum Gasteiger partial charge on any atom is 0.254 e. The van der Waals surface area contributed by atoms with Crippen molar-refractivity contribution in [2.75, 3.05) is 38.6 Å². The molecule has 2 fully saturated rings. The normalized spacial score (nSPS) is 20.4. The van der Waals surface area contributed by atoms with Crippen LogP contribution in [0.1, 0.15) is 65.1 Å². The van der Waals surface area contributed by atoms with Gasteiger partial charge in [0.15, 0.2) is 0 Å². The van der Waals surface area contributed by atoms with Gasteiger partial charge in [-0.25, -0.2) is 0 Å². The van der Waals surface area contributed by atoms with E-state index in [1.807, 2.05) is 30.3 Å². The summed E-state index contributed by atoms with van der Waals surface area (Å²) >= 11 is 0. The fourth-order valence-electron chi connectivity index (χ4n) is 6.58. The van der Waals surface area contributed by atoms with Crippen molar-refractivity contribution in [3.63, 3.8) is 0 Å². The number of carbonyl (C=O) groups is 1. The molecule has 1 saturated carbocycles. The third-order valence-corrected chi connectivity index (χ3v) is 8.69. The van der Waals surface area contributed by atoms with Crippen LogP contribution in [0.4, 0.5) is 5.69 Å². The minimum absolute atomic E-state index is 0.207. The molecular formula is C34H43N3O. The lowest BCUT2D eigenvalue weighted by molar-refractivity contribution is 0.0588. The van der Waals surface area contributed by atoms with Crippen molar-refractivity contribution in [3.8, 4) is 0 Å². The number of hydrogen-bond acceptors (Lipinski definition) is 3. The zero-order valence-corrected chi connectivity index (χ0v) is 23.4. The van der Waals surface area contributed by atoms with Crippen LogP contribution in [0.5, 0.6) is 0 Å². The fraction of sp³-hybridized carbons (Fsp3) is 0.441. The molecule has 3 aromatic rings. The first-order valence-electron chi connectivity index (χ1n) is 14.4.